The maximum Gasteiger partial charge on any atom is 0.220 e. The van der Waals surface area contributed by atoms with Crippen LogP contribution in [-0.4, -0.2) is 9.13 Å². The number of benzene rings is 9. The molecule has 0 atom stereocenters. The Hall–Kier alpha value is -8.44. The zero-order chi connectivity index (χ0) is 44.6. The van der Waals surface area contributed by atoms with Crippen molar-refractivity contribution in [3.8, 4) is 62.0 Å². The highest BCUT2D eigenvalue weighted by Crippen LogP contribution is 2.56. The Labute approximate surface area is 383 Å². The van der Waals surface area contributed by atoms with Crippen molar-refractivity contribution in [2.75, 3.05) is 0 Å². The van der Waals surface area contributed by atoms with E-state index >= 15 is 0 Å². The summed E-state index contributed by atoms with van der Waals surface area (Å²) < 4.78 is 4.70. The molecular weight excluding hydrogens is 801 g/mol. The van der Waals surface area contributed by atoms with Gasteiger partial charge in [0.15, 0.2) is 0 Å². The third kappa shape index (κ3) is 4.91. The predicted molar refractivity (Wildman–Crippen MR) is 272 cm³/mol. The Morgan fingerprint density at radius 1 is 0.424 bits per heavy atom. The van der Waals surface area contributed by atoms with Crippen LogP contribution >= 0.6 is 0 Å². The van der Waals surface area contributed by atoms with Crippen molar-refractivity contribution >= 4 is 49.3 Å². The molecule has 4 nitrogen and oxygen atoms in total. The van der Waals surface area contributed by atoms with Crippen molar-refractivity contribution in [2.24, 2.45) is 0 Å². The Morgan fingerprint density at radius 3 is 1.33 bits per heavy atom. The van der Waals surface area contributed by atoms with Gasteiger partial charge in [0.2, 0.25) is 5.69 Å². The Bertz CT molecular complexity index is 3780. The fraction of sp³-hybridized carbons (Fsp3) is 0.0968. The highest BCUT2D eigenvalue weighted by atomic mass is 15.0. The molecule has 9 aromatic carbocycles. The van der Waals surface area contributed by atoms with Gasteiger partial charge in [-0.1, -0.05) is 173 Å². The normalized spacial score (nSPS) is 14.0. The first kappa shape index (κ1) is 38.1. The highest BCUT2D eigenvalue weighted by Gasteiger charge is 2.39. The predicted octanol–water partition coefficient (Wildman–Crippen LogP) is 16.2. The minimum Gasteiger partial charge on any atom is -0.318 e. The lowest BCUT2D eigenvalue weighted by molar-refractivity contribution is 0.661. The molecule has 0 bridgehead atoms. The molecule has 4 heteroatoms. The van der Waals surface area contributed by atoms with Gasteiger partial charge in [-0.3, -0.25) is 0 Å². The second kappa shape index (κ2) is 13.5. The van der Waals surface area contributed by atoms with Crippen LogP contribution in [0.3, 0.4) is 0 Å². The second-order valence-electron chi connectivity index (χ2n) is 19.0. The molecule has 11 aromatic rings. The van der Waals surface area contributed by atoms with Gasteiger partial charge >= 0.3 is 0 Å². The molecule has 0 aliphatic heterocycles. The van der Waals surface area contributed by atoms with Gasteiger partial charge in [-0.25, -0.2) is 4.85 Å². The van der Waals surface area contributed by atoms with E-state index in [0.717, 1.165) is 71.7 Å². The van der Waals surface area contributed by atoms with E-state index in [1.165, 1.54) is 44.5 Å². The molecule has 0 fully saturated rings. The molecule has 0 unspecified atom stereocenters. The first-order valence-electron chi connectivity index (χ1n) is 22.7. The van der Waals surface area contributed by atoms with Crippen molar-refractivity contribution in [1.29, 1.82) is 5.26 Å². The molecule has 0 saturated heterocycles. The van der Waals surface area contributed by atoms with Crippen LogP contribution in [0.15, 0.2) is 182 Å². The van der Waals surface area contributed by atoms with Crippen molar-refractivity contribution in [1.82, 2.24) is 9.13 Å². The minimum absolute atomic E-state index is 0.256. The summed E-state index contributed by atoms with van der Waals surface area (Å²) in [6, 6.07) is 67.6. The van der Waals surface area contributed by atoms with Crippen LogP contribution in [0.1, 0.15) is 55.5 Å². The van der Waals surface area contributed by atoms with Gasteiger partial charge in [0.25, 0.3) is 0 Å². The summed E-state index contributed by atoms with van der Waals surface area (Å²) in [7, 11) is 0. The molecule has 310 valence electrons. The van der Waals surface area contributed by atoms with E-state index in [2.05, 4.69) is 193 Å². The summed E-state index contributed by atoms with van der Waals surface area (Å²) in [6.45, 7) is 18.6. The van der Waals surface area contributed by atoms with Crippen molar-refractivity contribution in [3.63, 3.8) is 0 Å². The van der Waals surface area contributed by atoms with Crippen molar-refractivity contribution < 1.29 is 0 Å². The van der Waals surface area contributed by atoms with Crippen molar-refractivity contribution in [3.05, 3.63) is 221 Å². The SMILES string of the molecule is [C-]#[N+]c1c(-c2ccccc2)c(C#N)c(-n2c3ccccc3c3cc4c(cc32)C(C)(C)c2ccccc2-4)c(-c2ccccc2)c1-n1c2ccccc2c2cc3c(cc21)C(C)(C)c1ccccc1-3. The molecule has 0 spiro atoms. The molecular formula is C62H42N4. The van der Waals surface area contributed by atoms with Gasteiger partial charge in [-0.05, 0) is 92.0 Å². The zero-order valence-corrected chi connectivity index (χ0v) is 37.1. The minimum atomic E-state index is -0.257. The number of para-hydroxylation sites is 2. The van der Waals surface area contributed by atoms with Gasteiger partial charge in [0, 0.05) is 43.5 Å². The standard InChI is InChI=1S/C62H42N4/c1-61(2)48-28-16-12-24-39(48)43-32-45-41-26-14-18-30-52(41)65(54(45)34-50(43)61)59-47(36-63)56(37-20-8-6-9-21-37)58(64-5)60(57(59)38-22-10-7-11-23-38)66-53-31-19-15-27-42(53)46-33-44-40-25-13-17-29-49(40)62(3,4)51(44)35-55(46)66/h6-35H,1-4H3. The number of hydrogen-bond donors (Lipinski definition) is 0. The summed E-state index contributed by atoms with van der Waals surface area (Å²) in [4.78, 5) is 4.55. The Balaban J connectivity index is 1.27. The van der Waals surface area contributed by atoms with E-state index in [1.807, 2.05) is 36.4 Å². The van der Waals surface area contributed by atoms with Gasteiger partial charge in [-0.2, -0.15) is 5.26 Å². The molecule has 0 radical (unpaired) electrons. The average molecular weight is 843 g/mol. The summed E-state index contributed by atoms with van der Waals surface area (Å²) in [5.74, 6) is 0. The summed E-state index contributed by atoms with van der Waals surface area (Å²) in [5.41, 5.74) is 19.2. The van der Waals surface area contributed by atoms with E-state index in [4.69, 9.17) is 0 Å². The third-order valence-corrected chi connectivity index (χ3v) is 15.0. The van der Waals surface area contributed by atoms with E-state index in [0.29, 0.717) is 16.8 Å². The quantitative estimate of drug-likeness (QED) is 0.163. The molecule has 0 saturated carbocycles. The first-order chi connectivity index (χ1) is 32.2. The highest BCUT2D eigenvalue weighted by molar-refractivity contribution is 6.16. The number of fused-ring (bicyclic) bond motifs is 12. The van der Waals surface area contributed by atoms with Gasteiger partial charge in [-0.15, -0.1) is 0 Å². The molecule has 0 amide bonds. The molecule has 2 aliphatic rings. The molecule has 2 aliphatic carbocycles. The fourth-order valence-electron chi connectivity index (χ4n) is 11.9. The van der Waals surface area contributed by atoms with E-state index in [1.54, 1.807) is 0 Å². The Morgan fingerprint density at radius 2 is 0.848 bits per heavy atom. The lowest BCUT2D eigenvalue weighted by Crippen LogP contribution is -2.15. The Kier molecular flexibility index (Phi) is 7.81. The van der Waals surface area contributed by atoms with E-state index in [-0.39, 0.29) is 10.8 Å². The fourth-order valence-corrected chi connectivity index (χ4v) is 11.9. The maximum atomic E-state index is 11.9. The topological polar surface area (TPSA) is 38.0 Å². The molecule has 2 aromatic heterocycles. The van der Waals surface area contributed by atoms with Crippen LogP contribution in [0.25, 0.3) is 104 Å². The second-order valence-corrected chi connectivity index (χ2v) is 19.0. The lowest BCUT2D eigenvalue weighted by atomic mass is 9.82. The zero-order valence-electron chi connectivity index (χ0n) is 37.1. The number of hydrogen-bond acceptors (Lipinski definition) is 1. The smallest absolute Gasteiger partial charge is 0.220 e. The van der Waals surface area contributed by atoms with Crippen LogP contribution in [0.4, 0.5) is 5.69 Å². The number of aromatic nitrogens is 2. The molecule has 0 N–H and O–H groups in total. The summed E-state index contributed by atoms with van der Waals surface area (Å²) in [5, 5.41) is 16.3. The van der Waals surface area contributed by atoms with Gasteiger partial charge in [0.05, 0.1) is 45.6 Å². The van der Waals surface area contributed by atoms with Crippen LogP contribution in [-0.2, 0) is 10.8 Å². The van der Waals surface area contributed by atoms with E-state index < -0.39 is 0 Å². The van der Waals surface area contributed by atoms with Crippen LogP contribution in [0.5, 0.6) is 0 Å². The van der Waals surface area contributed by atoms with E-state index in [9.17, 15) is 11.8 Å². The third-order valence-electron chi connectivity index (χ3n) is 15.0. The van der Waals surface area contributed by atoms with Gasteiger partial charge in [0.1, 0.15) is 6.07 Å². The number of rotatable bonds is 4. The summed E-state index contributed by atoms with van der Waals surface area (Å²) >= 11 is 0. The molecule has 66 heavy (non-hydrogen) atoms. The largest absolute Gasteiger partial charge is 0.318 e. The first-order valence-corrected chi connectivity index (χ1v) is 22.7. The number of nitriles is 1. The monoisotopic (exact) mass is 842 g/mol. The molecule has 13 rings (SSSR count). The number of nitrogens with zero attached hydrogens (tertiary/aromatic N) is 4. The van der Waals surface area contributed by atoms with Crippen LogP contribution in [0, 0.1) is 17.9 Å². The maximum absolute atomic E-state index is 11.9. The average Bonchev–Trinajstić information content (AvgIpc) is 4.00. The molecule has 2 heterocycles. The van der Waals surface area contributed by atoms with Crippen LogP contribution < -0.4 is 0 Å². The van der Waals surface area contributed by atoms with Gasteiger partial charge < -0.3 is 9.13 Å². The van der Waals surface area contributed by atoms with Crippen molar-refractivity contribution in [2.45, 2.75) is 38.5 Å². The summed E-state index contributed by atoms with van der Waals surface area (Å²) in [6.07, 6.45) is 0. The van der Waals surface area contributed by atoms with Crippen LogP contribution in [0.2, 0.25) is 0 Å². The lowest BCUT2D eigenvalue weighted by Gasteiger charge is -2.26.